The van der Waals surface area contributed by atoms with Crippen LogP contribution in [0.4, 0.5) is 5.69 Å². The van der Waals surface area contributed by atoms with Gasteiger partial charge in [-0.25, -0.2) is 0 Å². The third kappa shape index (κ3) is 2.63. The zero-order valence-electron chi connectivity index (χ0n) is 9.73. The van der Waals surface area contributed by atoms with Crippen LogP contribution in [0.5, 0.6) is 0 Å². The van der Waals surface area contributed by atoms with E-state index in [1.807, 2.05) is 6.07 Å². The minimum Gasteiger partial charge on any atom is -0.325 e. The van der Waals surface area contributed by atoms with Crippen LogP contribution in [0.2, 0.25) is 0 Å². The Balaban J connectivity index is 2.00. The number of carbonyl (C=O) groups is 1. The van der Waals surface area contributed by atoms with Crippen molar-refractivity contribution in [2.24, 2.45) is 5.92 Å². The van der Waals surface area contributed by atoms with Gasteiger partial charge < -0.3 is 10.6 Å². The first-order chi connectivity index (χ1) is 8.20. The lowest BCUT2D eigenvalue weighted by Crippen LogP contribution is -2.39. The first kappa shape index (κ1) is 11.6. The molecule has 2 N–H and O–H groups in total. The fraction of sp³-hybridized carbons (Fsp3) is 0.385. The van der Waals surface area contributed by atoms with Crippen molar-refractivity contribution in [2.45, 2.75) is 19.4 Å². The molecule has 4 heteroatoms. The van der Waals surface area contributed by atoms with E-state index in [0.717, 1.165) is 18.7 Å². The second-order valence-electron chi connectivity index (χ2n) is 4.38. The van der Waals surface area contributed by atoms with Crippen LogP contribution in [0.25, 0.3) is 0 Å². The maximum absolute atomic E-state index is 11.9. The van der Waals surface area contributed by atoms with Crippen LogP contribution in [0.3, 0.4) is 0 Å². The van der Waals surface area contributed by atoms with Gasteiger partial charge in [0.25, 0.3) is 0 Å². The average Bonchev–Trinajstić information content (AvgIpc) is 2.76. The van der Waals surface area contributed by atoms with Crippen molar-refractivity contribution in [1.29, 1.82) is 5.26 Å². The largest absolute Gasteiger partial charge is 0.325 e. The Morgan fingerprint density at radius 3 is 2.71 bits per heavy atom. The Morgan fingerprint density at radius 1 is 1.47 bits per heavy atom. The molecule has 1 amide bonds. The number of nitrogens with zero attached hydrogens (tertiary/aromatic N) is 1. The molecule has 4 nitrogen and oxygen atoms in total. The van der Waals surface area contributed by atoms with Gasteiger partial charge in [0.1, 0.15) is 0 Å². The molecule has 1 aromatic rings. The molecule has 88 valence electrons. The Kier molecular flexibility index (Phi) is 3.40. The third-order valence-electron chi connectivity index (χ3n) is 3.10. The van der Waals surface area contributed by atoms with Crippen molar-refractivity contribution in [3.05, 3.63) is 29.8 Å². The maximum atomic E-state index is 11.9. The van der Waals surface area contributed by atoms with Gasteiger partial charge >= 0.3 is 0 Å². The minimum atomic E-state index is -0.106. The van der Waals surface area contributed by atoms with Crippen molar-refractivity contribution in [2.75, 3.05) is 11.9 Å². The highest BCUT2D eigenvalue weighted by molar-refractivity contribution is 5.95. The number of carbonyl (C=O) groups excluding carboxylic acids is 1. The van der Waals surface area contributed by atoms with Crippen LogP contribution in [0, 0.1) is 17.2 Å². The first-order valence-electron chi connectivity index (χ1n) is 5.75. The van der Waals surface area contributed by atoms with Crippen molar-refractivity contribution < 1.29 is 4.79 Å². The molecule has 1 aliphatic heterocycles. The molecule has 2 atom stereocenters. The molecule has 0 aliphatic carbocycles. The fourth-order valence-corrected chi connectivity index (χ4v) is 2.03. The monoisotopic (exact) mass is 229 g/mol. The van der Waals surface area contributed by atoms with E-state index in [1.54, 1.807) is 24.3 Å². The Bertz CT molecular complexity index is 447. The molecule has 1 aliphatic rings. The standard InChI is InChI=1S/C13H15N3O/c1-9-6-7-15-12(9)13(17)16-11-4-2-10(8-14)3-5-11/h2-5,9,12,15H,6-7H2,1H3,(H,16,17). The van der Waals surface area contributed by atoms with Crippen molar-refractivity contribution in [1.82, 2.24) is 5.32 Å². The van der Waals surface area contributed by atoms with E-state index in [2.05, 4.69) is 17.6 Å². The highest BCUT2D eigenvalue weighted by Gasteiger charge is 2.29. The predicted molar refractivity (Wildman–Crippen MR) is 65.4 cm³/mol. The minimum absolute atomic E-state index is 0.000271. The molecule has 0 radical (unpaired) electrons. The summed E-state index contributed by atoms with van der Waals surface area (Å²) >= 11 is 0. The molecule has 2 rings (SSSR count). The van der Waals surface area contributed by atoms with Gasteiger partial charge in [0.05, 0.1) is 17.7 Å². The molecule has 17 heavy (non-hydrogen) atoms. The van der Waals surface area contributed by atoms with Gasteiger partial charge in [-0.2, -0.15) is 5.26 Å². The second kappa shape index (κ2) is 4.98. The molecule has 2 unspecified atom stereocenters. The summed E-state index contributed by atoms with van der Waals surface area (Å²) in [5, 5.41) is 14.7. The molecule has 1 fully saturated rings. The number of rotatable bonds is 2. The lowest BCUT2D eigenvalue weighted by Gasteiger charge is -2.15. The van der Waals surface area contributed by atoms with Gasteiger partial charge in [-0.1, -0.05) is 6.92 Å². The molecule has 1 aromatic carbocycles. The van der Waals surface area contributed by atoms with E-state index in [0.29, 0.717) is 11.5 Å². The summed E-state index contributed by atoms with van der Waals surface area (Å²) in [4.78, 5) is 11.9. The summed E-state index contributed by atoms with van der Waals surface area (Å²) < 4.78 is 0. The van der Waals surface area contributed by atoms with E-state index >= 15 is 0 Å². The summed E-state index contributed by atoms with van der Waals surface area (Å²) in [6, 6.07) is 8.82. The quantitative estimate of drug-likeness (QED) is 0.807. The predicted octanol–water partition coefficient (Wildman–Crippen LogP) is 1.49. The molecular formula is C13H15N3O. The molecule has 0 bridgehead atoms. The summed E-state index contributed by atoms with van der Waals surface area (Å²) in [7, 11) is 0. The van der Waals surface area contributed by atoms with Crippen LogP contribution in [-0.2, 0) is 4.79 Å². The number of amides is 1. The van der Waals surface area contributed by atoms with E-state index in [9.17, 15) is 4.79 Å². The van der Waals surface area contributed by atoms with Gasteiger partial charge in [0, 0.05) is 5.69 Å². The number of nitrogens with one attached hydrogen (secondary N) is 2. The number of anilines is 1. The number of nitriles is 1. The molecule has 0 aromatic heterocycles. The Morgan fingerprint density at radius 2 is 2.18 bits per heavy atom. The Labute approximate surface area is 101 Å². The van der Waals surface area contributed by atoms with Crippen LogP contribution in [0.1, 0.15) is 18.9 Å². The molecule has 1 saturated heterocycles. The molecular weight excluding hydrogens is 214 g/mol. The lowest BCUT2D eigenvalue weighted by atomic mass is 10.0. The summed E-state index contributed by atoms with van der Waals surface area (Å²) in [6.07, 6.45) is 1.03. The Hall–Kier alpha value is -1.86. The number of benzene rings is 1. The SMILES string of the molecule is CC1CCNC1C(=O)Nc1ccc(C#N)cc1. The topological polar surface area (TPSA) is 64.9 Å². The average molecular weight is 229 g/mol. The van der Waals surface area contributed by atoms with E-state index in [4.69, 9.17) is 5.26 Å². The molecule has 0 spiro atoms. The highest BCUT2D eigenvalue weighted by Crippen LogP contribution is 2.16. The zero-order chi connectivity index (χ0) is 12.3. The van der Waals surface area contributed by atoms with Crippen LogP contribution >= 0.6 is 0 Å². The summed E-state index contributed by atoms with van der Waals surface area (Å²) in [5.74, 6) is 0.369. The normalized spacial score (nSPS) is 23.1. The highest BCUT2D eigenvalue weighted by atomic mass is 16.2. The van der Waals surface area contributed by atoms with Crippen LogP contribution < -0.4 is 10.6 Å². The number of hydrogen-bond acceptors (Lipinski definition) is 3. The molecule has 0 saturated carbocycles. The second-order valence-corrected chi connectivity index (χ2v) is 4.38. The number of hydrogen-bond donors (Lipinski definition) is 2. The van der Waals surface area contributed by atoms with Gasteiger partial charge in [-0.3, -0.25) is 4.79 Å². The third-order valence-corrected chi connectivity index (χ3v) is 3.10. The maximum Gasteiger partial charge on any atom is 0.241 e. The van der Waals surface area contributed by atoms with Crippen molar-refractivity contribution >= 4 is 11.6 Å². The van der Waals surface area contributed by atoms with E-state index < -0.39 is 0 Å². The van der Waals surface area contributed by atoms with E-state index in [-0.39, 0.29) is 11.9 Å². The molecule has 1 heterocycles. The van der Waals surface area contributed by atoms with Crippen molar-refractivity contribution in [3.63, 3.8) is 0 Å². The smallest absolute Gasteiger partial charge is 0.241 e. The van der Waals surface area contributed by atoms with E-state index in [1.165, 1.54) is 0 Å². The van der Waals surface area contributed by atoms with Crippen LogP contribution in [-0.4, -0.2) is 18.5 Å². The zero-order valence-corrected chi connectivity index (χ0v) is 9.73. The summed E-state index contributed by atoms with van der Waals surface area (Å²) in [5.41, 5.74) is 1.32. The van der Waals surface area contributed by atoms with Gasteiger partial charge in [0.15, 0.2) is 0 Å². The van der Waals surface area contributed by atoms with Gasteiger partial charge in [0.2, 0.25) is 5.91 Å². The first-order valence-corrected chi connectivity index (χ1v) is 5.75. The van der Waals surface area contributed by atoms with Gasteiger partial charge in [-0.15, -0.1) is 0 Å². The van der Waals surface area contributed by atoms with Gasteiger partial charge in [-0.05, 0) is 43.1 Å². The lowest BCUT2D eigenvalue weighted by molar-refractivity contribution is -0.118. The summed E-state index contributed by atoms with van der Waals surface area (Å²) in [6.45, 7) is 2.97. The van der Waals surface area contributed by atoms with Crippen LogP contribution in [0.15, 0.2) is 24.3 Å². The van der Waals surface area contributed by atoms with Crippen molar-refractivity contribution in [3.8, 4) is 6.07 Å². The fourth-order valence-electron chi connectivity index (χ4n) is 2.03.